The van der Waals surface area contributed by atoms with Crippen molar-refractivity contribution in [3.05, 3.63) is 40.6 Å². The van der Waals surface area contributed by atoms with Crippen molar-refractivity contribution in [2.75, 3.05) is 0 Å². The molecule has 1 aromatic heterocycles. The predicted octanol–water partition coefficient (Wildman–Crippen LogP) is 1.50. The number of terminal acetylenes is 1. The Balaban J connectivity index is 2.61. The van der Waals surface area contributed by atoms with Crippen LogP contribution >= 0.6 is 0 Å². The fourth-order valence-corrected chi connectivity index (χ4v) is 1.76. The summed E-state index contributed by atoms with van der Waals surface area (Å²) >= 11 is 0. The molecule has 0 unspecified atom stereocenters. The van der Waals surface area contributed by atoms with Crippen LogP contribution < -0.4 is 5.69 Å². The van der Waals surface area contributed by atoms with Crippen molar-refractivity contribution >= 4 is 0 Å². The van der Waals surface area contributed by atoms with Gasteiger partial charge in [0.15, 0.2) is 5.82 Å². The standard InChI is InChI=1S/C13H12FN3O/c1-3-8-17-13(18)16(4-2)12(15-17)10-6-5-7-11(14)9-10/h1,5-7,9H,4,8H2,2H3. The summed E-state index contributed by atoms with van der Waals surface area (Å²) < 4.78 is 15.9. The van der Waals surface area contributed by atoms with E-state index in [1.807, 2.05) is 6.92 Å². The van der Waals surface area contributed by atoms with Crippen LogP contribution in [0.5, 0.6) is 0 Å². The average Bonchev–Trinajstić information content (AvgIpc) is 2.67. The van der Waals surface area contributed by atoms with Crippen molar-refractivity contribution < 1.29 is 4.39 Å². The van der Waals surface area contributed by atoms with E-state index in [0.29, 0.717) is 17.9 Å². The van der Waals surface area contributed by atoms with E-state index in [-0.39, 0.29) is 18.1 Å². The van der Waals surface area contributed by atoms with Gasteiger partial charge in [0.1, 0.15) is 12.4 Å². The number of rotatable bonds is 3. The molecule has 1 heterocycles. The van der Waals surface area contributed by atoms with Crippen molar-refractivity contribution in [3.8, 4) is 23.7 Å². The molecule has 0 N–H and O–H groups in total. The molecule has 0 bridgehead atoms. The van der Waals surface area contributed by atoms with Crippen LogP contribution in [-0.2, 0) is 13.1 Å². The van der Waals surface area contributed by atoms with Gasteiger partial charge in [-0.2, -0.15) is 0 Å². The molecule has 2 rings (SSSR count). The molecule has 18 heavy (non-hydrogen) atoms. The second kappa shape index (κ2) is 4.88. The minimum Gasteiger partial charge on any atom is -0.275 e. The molecule has 0 fully saturated rings. The van der Waals surface area contributed by atoms with Crippen LogP contribution in [0.25, 0.3) is 11.4 Å². The number of halogens is 1. The predicted molar refractivity (Wildman–Crippen MR) is 66.4 cm³/mol. The lowest BCUT2D eigenvalue weighted by atomic mass is 10.2. The largest absolute Gasteiger partial charge is 0.347 e. The minimum absolute atomic E-state index is 0.105. The zero-order valence-corrected chi connectivity index (χ0v) is 9.93. The number of nitrogens with zero attached hydrogens (tertiary/aromatic N) is 3. The highest BCUT2D eigenvalue weighted by Crippen LogP contribution is 2.16. The third-order valence-corrected chi connectivity index (χ3v) is 2.56. The summed E-state index contributed by atoms with van der Waals surface area (Å²) in [6, 6.07) is 5.97. The highest BCUT2D eigenvalue weighted by atomic mass is 19.1. The van der Waals surface area contributed by atoms with Crippen molar-refractivity contribution in [1.29, 1.82) is 0 Å². The van der Waals surface area contributed by atoms with Crippen LogP contribution in [-0.4, -0.2) is 14.3 Å². The highest BCUT2D eigenvalue weighted by Gasteiger charge is 2.13. The monoisotopic (exact) mass is 245 g/mol. The third-order valence-electron chi connectivity index (χ3n) is 2.56. The number of hydrogen-bond donors (Lipinski definition) is 0. The molecular weight excluding hydrogens is 233 g/mol. The molecule has 0 aliphatic carbocycles. The Hall–Kier alpha value is -2.35. The van der Waals surface area contributed by atoms with Crippen molar-refractivity contribution in [2.45, 2.75) is 20.0 Å². The van der Waals surface area contributed by atoms with Gasteiger partial charge < -0.3 is 0 Å². The lowest BCUT2D eigenvalue weighted by Gasteiger charge is -2.01. The summed E-state index contributed by atoms with van der Waals surface area (Å²) in [6.45, 7) is 2.38. The van der Waals surface area contributed by atoms with Crippen LogP contribution in [0.4, 0.5) is 4.39 Å². The van der Waals surface area contributed by atoms with Crippen molar-refractivity contribution in [1.82, 2.24) is 14.3 Å². The summed E-state index contributed by atoms with van der Waals surface area (Å²) in [5.74, 6) is 2.43. The summed E-state index contributed by atoms with van der Waals surface area (Å²) in [7, 11) is 0. The highest BCUT2D eigenvalue weighted by molar-refractivity contribution is 5.54. The van der Waals surface area contributed by atoms with Gasteiger partial charge in [0, 0.05) is 12.1 Å². The van der Waals surface area contributed by atoms with E-state index in [4.69, 9.17) is 6.42 Å². The summed E-state index contributed by atoms with van der Waals surface area (Å²) in [5.41, 5.74) is 0.277. The Labute approximate surface area is 104 Å². The summed E-state index contributed by atoms with van der Waals surface area (Å²) in [5, 5.41) is 4.14. The molecule has 0 aliphatic rings. The van der Waals surface area contributed by atoms with Crippen LogP contribution in [0.3, 0.4) is 0 Å². The van der Waals surface area contributed by atoms with Gasteiger partial charge in [0.25, 0.3) is 0 Å². The van der Waals surface area contributed by atoms with E-state index >= 15 is 0 Å². The second-order valence-corrected chi connectivity index (χ2v) is 3.72. The summed E-state index contributed by atoms with van der Waals surface area (Å²) in [6.07, 6.45) is 5.17. The van der Waals surface area contributed by atoms with Crippen LogP contribution in [0.2, 0.25) is 0 Å². The summed E-state index contributed by atoms with van der Waals surface area (Å²) in [4.78, 5) is 11.9. The molecule has 92 valence electrons. The van der Waals surface area contributed by atoms with Gasteiger partial charge >= 0.3 is 5.69 Å². The van der Waals surface area contributed by atoms with Crippen LogP contribution in [0, 0.1) is 18.2 Å². The first-order valence-corrected chi connectivity index (χ1v) is 5.54. The molecule has 2 aromatic rings. The van der Waals surface area contributed by atoms with Gasteiger partial charge in [0.2, 0.25) is 0 Å². The van der Waals surface area contributed by atoms with E-state index in [0.717, 1.165) is 0 Å². The molecule has 0 saturated carbocycles. The molecule has 0 aliphatic heterocycles. The van der Waals surface area contributed by atoms with Gasteiger partial charge in [-0.3, -0.25) is 4.57 Å². The number of benzene rings is 1. The molecule has 0 atom stereocenters. The molecule has 4 nitrogen and oxygen atoms in total. The molecule has 0 spiro atoms. The van der Waals surface area contributed by atoms with Gasteiger partial charge in [-0.25, -0.2) is 13.9 Å². The SMILES string of the molecule is C#CCn1nc(-c2cccc(F)c2)n(CC)c1=O. The van der Waals surface area contributed by atoms with Crippen LogP contribution in [0.15, 0.2) is 29.1 Å². The Morgan fingerprint density at radius 1 is 1.50 bits per heavy atom. The van der Waals surface area contributed by atoms with Gasteiger partial charge in [-0.1, -0.05) is 18.1 Å². The molecule has 5 heteroatoms. The average molecular weight is 245 g/mol. The maximum absolute atomic E-state index is 13.2. The normalized spacial score (nSPS) is 10.3. The molecule has 0 saturated heterocycles. The number of hydrogen-bond acceptors (Lipinski definition) is 2. The number of aromatic nitrogens is 3. The lowest BCUT2D eigenvalue weighted by Crippen LogP contribution is -2.24. The first-order chi connectivity index (χ1) is 8.67. The van der Waals surface area contributed by atoms with Gasteiger partial charge in [-0.15, -0.1) is 11.5 Å². The van der Waals surface area contributed by atoms with Crippen LogP contribution in [0.1, 0.15) is 6.92 Å². The Kier molecular flexibility index (Phi) is 3.28. The topological polar surface area (TPSA) is 39.8 Å². The van der Waals surface area contributed by atoms with E-state index in [1.165, 1.54) is 21.4 Å². The van der Waals surface area contributed by atoms with E-state index in [1.54, 1.807) is 12.1 Å². The minimum atomic E-state index is -0.367. The maximum atomic E-state index is 13.2. The first kappa shape index (κ1) is 12.1. The smallest absolute Gasteiger partial charge is 0.275 e. The second-order valence-electron chi connectivity index (χ2n) is 3.72. The van der Waals surface area contributed by atoms with E-state index < -0.39 is 0 Å². The van der Waals surface area contributed by atoms with E-state index in [9.17, 15) is 9.18 Å². The quantitative estimate of drug-likeness (QED) is 0.769. The van der Waals surface area contributed by atoms with Gasteiger partial charge in [-0.05, 0) is 19.1 Å². The van der Waals surface area contributed by atoms with E-state index in [2.05, 4.69) is 11.0 Å². The zero-order chi connectivity index (χ0) is 13.1. The Morgan fingerprint density at radius 3 is 2.89 bits per heavy atom. The van der Waals surface area contributed by atoms with Crippen molar-refractivity contribution in [3.63, 3.8) is 0 Å². The maximum Gasteiger partial charge on any atom is 0.347 e. The molecule has 1 aromatic carbocycles. The fourth-order valence-electron chi connectivity index (χ4n) is 1.76. The molecular formula is C13H12FN3O. The lowest BCUT2D eigenvalue weighted by molar-refractivity contribution is 0.627. The molecule has 0 radical (unpaired) electrons. The Morgan fingerprint density at radius 2 is 2.28 bits per heavy atom. The Bertz CT molecular complexity index is 664. The van der Waals surface area contributed by atoms with Gasteiger partial charge in [0.05, 0.1) is 0 Å². The fraction of sp³-hybridized carbons (Fsp3) is 0.231. The third kappa shape index (κ3) is 2.05. The van der Waals surface area contributed by atoms with Crippen molar-refractivity contribution in [2.24, 2.45) is 0 Å². The first-order valence-electron chi connectivity index (χ1n) is 5.54. The molecule has 0 amide bonds. The zero-order valence-electron chi connectivity index (χ0n) is 9.93.